The van der Waals surface area contributed by atoms with Crippen molar-refractivity contribution in [2.75, 3.05) is 5.32 Å². The molecule has 0 aliphatic heterocycles. The monoisotopic (exact) mass is 285 g/mol. The number of rotatable bonds is 1. The molecule has 5 heteroatoms. The van der Waals surface area contributed by atoms with Crippen LogP contribution in [0.25, 0.3) is 0 Å². The minimum Gasteiger partial charge on any atom is 0 e. The van der Waals surface area contributed by atoms with Crippen LogP contribution in [0.4, 0.5) is 5.69 Å². The average molecular weight is 285 g/mol. The molecular formula is C13H15CrNO3. The molecule has 0 spiro atoms. The summed E-state index contributed by atoms with van der Waals surface area (Å²) in [5.74, 6) is 0. The predicted molar refractivity (Wildman–Crippen MR) is 61.6 cm³/mol. The normalized spacial score (nSPS) is 7.17. The second-order valence-electron chi connectivity index (χ2n) is 3.74. The molecule has 0 saturated heterocycles. The summed E-state index contributed by atoms with van der Waals surface area (Å²) >= 11 is 0. The van der Waals surface area contributed by atoms with Gasteiger partial charge in [0, 0.05) is 28.6 Å². The maximum atomic E-state index is 7.50. The van der Waals surface area contributed by atoms with Gasteiger partial charge >= 0.3 is 33.9 Å². The van der Waals surface area contributed by atoms with Gasteiger partial charge in [0.15, 0.2) is 0 Å². The van der Waals surface area contributed by atoms with Gasteiger partial charge in [0.05, 0.1) is 0 Å². The SMILES string of the molecule is CC(C)(C)Nc1ccccc1.[C-]#[O+].[C-]#[O+].[C-]#[O+].[Cr]. The Kier molecular flexibility index (Phi) is 25.8. The second kappa shape index (κ2) is 18.1. The molecule has 1 aromatic rings. The van der Waals surface area contributed by atoms with Gasteiger partial charge < -0.3 is 5.32 Å². The van der Waals surface area contributed by atoms with Crippen molar-refractivity contribution in [1.29, 1.82) is 0 Å². The van der Waals surface area contributed by atoms with Crippen molar-refractivity contribution in [2.24, 2.45) is 0 Å². The fourth-order valence-corrected chi connectivity index (χ4v) is 0.954. The van der Waals surface area contributed by atoms with E-state index in [1.807, 2.05) is 18.2 Å². The Hall–Kier alpha value is -1.23. The van der Waals surface area contributed by atoms with Crippen molar-refractivity contribution in [1.82, 2.24) is 0 Å². The molecule has 96 valence electrons. The van der Waals surface area contributed by atoms with Gasteiger partial charge in [-0.2, -0.15) is 0 Å². The summed E-state index contributed by atoms with van der Waals surface area (Å²) in [5, 5.41) is 3.38. The quantitative estimate of drug-likeness (QED) is 0.625. The largest absolute Gasteiger partial charge is 0 e. The molecule has 1 N–H and O–H groups in total. The molecule has 0 fully saturated rings. The van der Waals surface area contributed by atoms with Gasteiger partial charge in [-0.05, 0) is 32.9 Å². The van der Waals surface area contributed by atoms with Crippen LogP contribution in [0.5, 0.6) is 0 Å². The van der Waals surface area contributed by atoms with Crippen molar-refractivity contribution in [3.8, 4) is 0 Å². The van der Waals surface area contributed by atoms with Crippen LogP contribution in [0.2, 0.25) is 0 Å². The van der Waals surface area contributed by atoms with Crippen molar-refractivity contribution >= 4 is 5.69 Å². The Balaban J connectivity index is -0.000000123. The van der Waals surface area contributed by atoms with Crippen LogP contribution in [0, 0.1) is 20.0 Å². The molecule has 0 bridgehead atoms. The van der Waals surface area contributed by atoms with Crippen LogP contribution in [-0.4, -0.2) is 5.54 Å². The first-order valence-corrected chi connectivity index (χ1v) is 4.52. The summed E-state index contributed by atoms with van der Waals surface area (Å²) < 4.78 is 22.5. The molecule has 0 unspecified atom stereocenters. The first kappa shape index (κ1) is 25.6. The summed E-state index contributed by atoms with van der Waals surface area (Å²) in [7, 11) is 0. The molecule has 0 heterocycles. The van der Waals surface area contributed by atoms with Crippen LogP contribution >= 0.6 is 0 Å². The third-order valence-electron chi connectivity index (χ3n) is 1.29. The fraction of sp³-hybridized carbons (Fsp3) is 0.308. The predicted octanol–water partition coefficient (Wildman–Crippen LogP) is 2.78. The average Bonchev–Trinajstić information content (AvgIpc) is 2.36. The summed E-state index contributed by atoms with van der Waals surface area (Å²) in [6.45, 7) is 20.0. The van der Waals surface area contributed by atoms with Crippen LogP contribution in [-0.2, 0) is 31.3 Å². The maximum absolute atomic E-state index is 7.50. The number of para-hydroxylation sites is 1. The molecule has 4 nitrogen and oxygen atoms in total. The number of hydrogen-bond donors (Lipinski definition) is 1. The van der Waals surface area contributed by atoms with Gasteiger partial charge in [0.1, 0.15) is 0 Å². The van der Waals surface area contributed by atoms with E-state index in [4.69, 9.17) is 14.0 Å². The summed E-state index contributed by atoms with van der Waals surface area (Å²) in [6, 6.07) is 10.2. The van der Waals surface area contributed by atoms with E-state index in [1.54, 1.807) is 0 Å². The minimum atomic E-state index is 0. The Morgan fingerprint density at radius 1 is 0.833 bits per heavy atom. The maximum Gasteiger partial charge on any atom is 0 e. The molecule has 0 radical (unpaired) electrons. The third-order valence-corrected chi connectivity index (χ3v) is 1.29. The molecular weight excluding hydrogens is 270 g/mol. The van der Waals surface area contributed by atoms with Gasteiger partial charge in [-0.15, -0.1) is 0 Å². The Bertz CT molecular complexity index is 311. The van der Waals surface area contributed by atoms with Gasteiger partial charge in [0.25, 0.3) is 0 Å². The molecule has 0 aromatic heterocycles. The minimum absolute atomic E-state index is 0. The van der Waals surface area contributed by atoms with Crippen molar-refractivity contribution < 1.29 is 31.3 Å². The van der Waals surface area contributed by atoms with Crippen LogP contribution in [0.3, 0.4) is 0 Å². The van der Waals surface area contributed by atoms with E-state index >= 15 is 0 Å². The Morgan fingerprint density at radius 2 is 1.17 bits per heavy atom. The third kappa shape index (κ3) is 20.2. The molecule has 0 saturated carbocycles. The number of benzene rings is 1. The zero-order valence-corrected chi connectivity index (χ0v) is 11.8. The molecule has 0 amide bonds. The van der Waals surface area contributed by atoms with Crippen LogP contribution in [0.1, 0.15) is 20.8 Å². The molecule has 1 rings (SSSR count). The van der Waals surface area contributed by atoms with E-state index in [2.05, 4.69) is 58.2 Å². The number of anilines is 1. The van der Waals surface area contributed by atoms with Crippen LogP contribution < -0.4 is 5.32 Å². The Morgan fingerprint density at radius 3 is 1.44 bits per heavy atom. The number of hydrogen-bond acceptors (Lipinski definition) is 1. The Labute approximate surface area is 119 Å². The van der Waals surface area contributed by atoms with E-state index < -0.39 is 0 Å². The molecule has 0 atom stereocenters. The summed E-state index contributed by atoms with van der Waals surface area (Å²) in [5.41, 5.74) is 1.33. The molecule has 0 aliphatic carbocycles. The van der Waals surface area contributed by atoms with E-state index in [-0.39, 0.29) is 22.9 Å². The second-order valence-corrected chi connectivity index (χ2v) is 3.74. The first-order chi connectivity index (χ1) is 8.08. The number of nitrogens with one attached hydrogen (secondary N) is 1. The van der Waals surface area contributed by atoms with E-state index in [0.29, 0.717) is 0 Å². The molecule has 0 aliphatic rings. The zero-order chi connectivity index (χ0) is 14.3. The van der Waals surface area contributed by atoms with Crippen molar-refractivity contribution in [3.05, 3.63) is 50.3 Å². The smallest absolute Gasteiger partial charge is 0 e. The van der Waals surface area contributed by atoms with E-state index in [1.165, 1.54) is 5.69 Å². The van der Waals surface area contributed by atoms with Gasteiger partial charge in [-0.1, -0.05) is 18.2 Å². The molecule has 1 aromatic carbocycles. The fourth-order valence-electron chi connectivity index (χ4n) is 0.954. The van der Waals surface area contributed by atoms with E-state index in [9.17, 15) is 0 Å². The topological polar surface area (TPSA) is 71.7 Å². The van der Waals surface area contributed by atoms with Gasteiger partial charge in [-0.3, -0.25) is 0 Å². The van der Waals surface area contributed by atoms with Gasteiger partial charge in [0.2, 0.25) is 0 Å². The van der Waals surface area contributed by atoms with Crippen molar-refractivity contribution in [2.45, 2.75) is 26.3 Å². The summed E-state index contributed by atoms with van der Waals surface area (Å²) in [4.78, 5) is 0. The standard InChI is InChI=1S/C10H15N.3CO.Cr/c1-10(2,3)11-9-7-5-4-6-8-9;3*1-2;/h4-8,11H,1-3H3;;;;. The van der Waals surface area contributed by atoms with Crippen molar-refractivity contribution in [3.63, 3.8) is 0 Å². The first-order valence-electron chi connectivity index (χ1n) is 4.52. The summed E-state index contributed by atoms with van der Waals surface area (Å²) in [6.07, 6.45) is 0. The van der Waals surface area contributed by atoms with E-state index in [0.717, 1.165) is 0 Å². The molecule has 18 heavy (non-hydrogen) atoms. The van der Waals surface area contributed by atoms with Gasteiger partial charge in [-0.25, -0.2) is 0 Å². The zero-order valence-electron chi connectivity index (χ0n) is 10.5. The van der Waals surface area contributed by atoms with Crippen LogP contribution in [0.15, 0.2) is 30.3 Å².